The topological polar surface area (TPSA) is 69.6 Å². The molecule has 2 heterocycles. The number of ether oxygens (including phenoxy) is 4. The third-order valence-electron chi connectivity index (χ3n) is 6.82. The van der Waals surface area contributed by atoms with Crippen LogP contribution in [0.25, 0.3) is 6.08 Å². The fourth-order valence-electron chi connectivity index (χ4n) is 5.11. The van der Waals surface area contributed by atoms with Crippen molar-refractivity contribution in [1.82, 2.24) is 4.90 Å². The zero-order valence-corrected chi connectivity index (χ0v) is 21.8. The minimum absolute atomic E-state index is 0.0831. The Balaban J connectivity index is 1.65. The Bertz CT molecular complexity index is 1280. The lowest BCUT2D eigenvalue weighted by atomic mass is 9.90. The minimum Gasteiger partial charge on any atom is -0.493 e. The first-order chi connectivity index (χ1) is 17.6. The predicted octanol–water partition coefficient (Wildman–Crippen LogP) is 5.62. The van der Waals surface area contributed by atoms with Crippen LogP contribution in [0, 0.1) is 0 Å². The second kappa shape index (κ2) is 10.3. The van der Waals surface area contributed by atoms with Crippen molar-refractivity contribution < 1.29 is 23.7 Å². The van der Waals surface area contributed by atoms with E-state index < -0.39 is 0 Å². The molecule has 0 aromatic heterocycles. The minimum atomic E-state index is -0.221. The van der Waals surface area contributed by atoms with Gasteiger partial charge in [0.25, 0.3) is 0 Å². The van der Waals surface area contributed by atoms with Gasteiger partial charge < -0.3 is 18.9 Å². The van der Waals surface area contributed by atoms with E-state index in [4.69, 9.17) is 23.9 Å². The molecule has 1 saturated heterocycles. The van der Waals surface area contributed by atoms with Gasteiger partial charge in [0.2, 0.25) is 5.91 Å². The Labute approximate surface area is 215 Å². The number of benzene rings is 2. The van der Waals surface area contributed by atoms with Gasteiger partial charge in [-0.15, -0.1) is 0 Å². The van der Waals surface area contributed by atoms with Gasteiger partial charge in [0.1, 0.15) is 0 Å². The van der Waals surface area contributed by atoms with E-state index in [1.807, 2.05) is 41.3 Å². The maximum atomic E-state index is 13.0. The van der Waals surface area contributed by atoms with Crippen LogP contribution < -0.4 is 18.9 Å². The highest BCUT2D eigenvalue weighted by Gasteiger charge is 2.42. The van der Waals surface area contributed by atoms with Crippen molar-refractivity contribution >= 4 is 28.9 Å². The van der Waals surface area contributed by atoms with Crippen LogP contribution in [-0.2, 0) is 4.79 Å². The predicted molar refractivity (Wildman–Crippen MR) is 142 cm³/mol. The molecule has 0 N–H and O–H groups in total. The van der Waals surface area contributed by atoms with Crippen LogP contribution in [0.1, 0.15) is 42.9 Å². The molecule has 1 amide bonds. The van der Waals surface area contributed by atoms with Crippen molar-refractivity contribution in [2.45, 2.75) is 31.7 Å². The molecule has 8 heteroatoms. The smallest absolute Gasteiger partial charge is 0.239 e. The molecule has 0 radical (unpaired) electrons. The van der Waals surface area contributed by atoms with Gasteiger partial charge in [0.15, 0.2) is 28.2 Å². The lowest BCUT2D eigenvalue weighted by Crippen LogP contribution is -2.37. The summed E-state index contributed by atoms with van der Waals surface area (Å²) < 4.78 is 22.0. The van der Waals surface area contributed by atoms with Gasteiger partial charge in [-0.3, -0.25) is 9.69 Å². The molecule has 1 fully saturated rings. The molecule has 0 saturated carbocycles. The van der Waals surface area contributed by atoms with Crippen molar-refractivity contribution in [2.75, 3.05) is 34.2 Å². The Morgan fingerprint density at radius 1 is 0.889 bits per heavy atom. The van der Waals surface area contributed by atoms with Crippen molar-refractivity contribution in [1.29, 1.82) is 0 Å². The Hall–Kier alpha value is -3.39. The number of amidine groups is 1. The molecule has 1 aliphatic carbocycles. The van der Waals surface area contributed by atoms with Crippen molar-refractivity contribution in [3.63, 3.8) is 0 Å². The summed E-state index contributed by atoms with van der Waals surface area (Å²) in [6, 6.07) is 11.6. The van der Waals surface area contributed by atoms with E-state index >= 15 is 0 Å². The average molecular weight is 507 g/mol. The summed E-state index contributed by atoms with van der Waals surface area (Å²) >= 11 is 1.50. The van der Waals surface area contributed by atoms with E-state index in [1.165, 1.54) is 22.9 Å². The number of carbonyl (C=O) groups is 1. The van der Waals surface area contributed by atoms with Crippen LogP contribution in [0.4, 0.5) is 0 Å². The zero-order valence-electron chi connectivity index (χ0n) is 21.0. The molecule has 7 nitrogen and oxygen atoms in total. The molecule has 3 aliphatic rings. The maximum Gasteiger partial charge on any atom is 0.239 e. The van der Waals surface area contributed by atoms with E-state index in [1.54, 1.807) is 28.4 Å². The number of hydrogen-bond donors (Lipinski definition) is 0. The Morgan fingerprint density at radius 3 is 2.28 bits per heavy atom. The normalized spacial score (nSPS) is 20.5. The summed E-state index contributed by atoms with van der Waals surface area (Å²) in [6.07, 6.45) is 6.07. The maximum absolute atomic E-state index is 13.0. The number of aliphatic imine (C=N–C) groups is 1. The first-order valence-electron chi connectivity index (χ1n) is 12.0. The van der Waals surface area contributed by atoms with Gasteiger partial charge >= 0.3 is 0 Å². The number of hydrogen-bond acceptors (Lipinski definition) is 7. The number of carbonyl (C=O) groups excluding carboxylic acids is 1. The highest BCUT2D eigenvalue weighted by Crippen LogP contribution is 2.47. The molecule has 0 bridgehead atoms. The average Bonchev–Trinajstić information content (AvgIpc) is 3.16. The second-order valence-corrected chi connectivity index (χ2v) is 9.77. The van der Waals surface area contributed by atoms with Gasteiger partial charge in [0, 0.05) is 0 Å². The first-order valence-corrected chi connectivity index (χ1v) is 13.0. The van der Waals surface area contributed by atoms with Crippen LogP contribution in [0.15, 0.2) is 58.2 Å². The molecular weight excluding hydrogens is 476 g/mol. The van der Waals surface area contributed by atoms with Gasteiger partial charge in [-0.1, -0.05) is 23.9 Å². The summed E-state index contributed by atoms with van der Waals surface area (Å²) in [5.41, 5.74) is 5.36. The van der Waals surface area contributed by atoms with Crippen LogP contribution in [0.3, 0.4) is 0 Å². The Kier molecular flexibility index (Phi) is 6.96. The quantitative estimate of drug-likeness (QED) is 0.507. The third kappa shape index (κ3) is 4.34. The van der Waals surface area contributed by atoms with Gasteiger partial charge in [-0.2, -0.15) is 0 Å². The molecule has 2 aliphatic heterocycles. The van der Waals surface area contributed by atoms with Gasteiger partial charge in [-0.05, 0) is 78.3 Å². The number of nitrogens with zero attached hydrogens (tertiary/aromatic N) is 2. The Morgan fingerprint density at radius 2 is 1.56 bits per heavy atom. The van der Waals surface area contributed by atoms with Crippen LogP contribution in [0.2, 0.25) is 0 Å². The molecule has 0 spiro atoms. The number of fused-ring (bicyclic) bond motifs is 1. The molecule has 36 heavy (non-hydrogen) atoms. The summed E-state index contributed by atoms with van der Waals surface area (Å²) in [4.78, 5) is 20.0. The highest BCUT2D eigenvalue weighted by molar-refractivity contribution is 8.15. The van der Waals surface area contributed by atoms with E-state index in [0.29, 0.717) is 28.8 Å². The van der Waals surface area contributed by atoms with Crippen LogP contribution in [0.5, 0.6) is 23.0 Å². The van der Waals surface area contributed by atoms with E-state index in [9.17, 15) is 4.79 Å². The summed E-state index contributed by atoms with van der Waals surface area (Å²) in [5, 5.41) is 0.763. The molecule has 5 rings (SSSR count). The number of amides is 1. The number of methoxy groups -OCH3 is 4. The van der Waals surface area contributed by atoms with Crippen LogP contribution >= 0.6 is 11.8 Å². The molecule has 1 unspecified atom stereocenters. The summed E-state index contributed by atoms with van der Waals surface area (Å²) in [5.74, 6) is 3.18. The molecule has 2 aromatic rings. The molecule has 188 valence electrons. The first kappa shape index (κ1) is 24.3. The number of thioether (sulfide) groups is 1. The highest BCUT2D eigenvalue weighted by atomic mass is 32.2. The standard InChI is InChI=1S/C28H30N2O5S/c1-32-21-11-9-17(14-23(21)34-3)13-18-7-5-6-8-20-26(18)29-28-30(25(31)16-36-28)27(20)19-10-12-22(33-2)24(15-19)35-4/h9-15,27H,5-8,16H2,1-4H3/b18-13+. The van der Waals surface area contributed by atoms with Crippen molar-refractivity contribution in [3.8, 4) is 23.0 Å². The second-order valence-electron chi connectivity index (χ2n) is 8.83. The number of allylic oxidation sites excluding steroid dienone is 1. The van der Waals surface area contributed by atoms with Crippen LogP contribution in [-0.4, -0.2) is 50.2 Å². The van der Waals surface area contributed by atoms with E-state index in [-0.39, 0.29) is 11.9 Å². The summed E-state index contributed by atoms with van der Waals surface area (Å²) in [7, 11) is 6.54. The molecule has 2 aromatic carbocycles. The third-order valence-corrected chi connectivity index (χ3v) is 7.76. The van der Waals surface area contributed by atoms with Crippen molar-refractivity contribution in [3.05, 3.63) is 64.4 Å². The number of rotatable bonds is 6. The molecular formula is C28H30N2O5S. The fourth-order valence-corrected chi connectivity index (χ4v) is 6.00. The van der Waals surface area contributed by atoms with E-state index in [2.05, 4.69) is 6.08 Å². The zero-order chi connectivity index (χ0) is 25.2. The summed E-state index contributed by atoms with van der Waals surface area (Å²) in [6.45, 7) is 0. The van der Waals surface area contributed by atoms with E-state index in [0.717, 1.165) is 47.7 Å². The lowest BCUT2D eigenvalue weighted by Gasteiger charge is -2.35. The fraction of sp³-hybridized carbons (Fsp3) is 0.357. The van der Waals surface area contributed by atoms with Gasteiger partial charge in [-0.25, -0.2) is 4.99 Å². The van der Waals surface area contributed by atoms with Gasteiger partial charge in [0.05, 0.1) is 45.9 Å². The SMILES string of the molecule is COc1ccc(/C=C2\CCCCC3=C2N=C2SCC(=O)N2C3c2ccc(OC)c(OC)c2)cc1OC. The lowest BCUT2D eigenvalue weighted by molar-refractivity contribution is -0.125. The van der Waals surface area contributed by atoms with Crippen molar-refractivity contribution in [2.24, 2.45) is 4.99 Å². The molecule has 1 atom stereocenters. The monoisotopic (exact) mass is 506 g/mol. The largest absolute Gasteiger partial charge is 0.493 e.